The highest BCUT2D eigenvalue weighted by atomic mass is 32.1. The fourth-order valence-electron chi connectivity index (χ4n) is 4.92. The van der Waals surface area contributed by atoms with Gasteiger partial charge in [-0.3, -0.25) is 19.0 Å². The number of carbonyl (C=O) groups is 2. The molecule has 1 aliphatic heterocycles. The van der Waals surface area contributed by atoms with Gasteiger partial charge >= 0.3 is 5.97 Å². The minimum Gasteiger partial charge on any atom is -0.478 e. The third kappa shape index (κ3) is 8.20. The van der Waals surface area contributed by atoms with Gasteiger partial charge in [0.2, 0.25) is 5.91 Å². The van der Waals surface area contributed by atoms with Gasteiger partial charge in [0.25, 0.3) is 5.56 Å². The van der Waals surface area contributed by atoms with Crippen molar-refractivity contribution in [2.45, 2.75) is 57.9 Å². The molecule has 0 spiro atoms. The fraction of sp³-hybridized carbons (Fsp3) is 0.467. The Morgan fingerprint density at radius 3 is 2.52 bits per heavy atom. The number of hydrogen-bond acceptors (Lipinski definition) is 9. The van der Waals surface area contributed by atoms with Gasteiger partial charge in [0, 0.05) is 62.2 Å². The van der Waals surface area contributed by atoms with Crippen LogP contribution in [0.2, 0.25) is 0 Å². The van der Waals surface area contributed by atoms with Crippen LogP contribution in [0, 0.1) is 0 Å². The van der Waals surface area contributed by atoms with Crippen molar-refractivity contribution in [2.24, 2.45) is 22.2 Å². The monoisotopic (exact) mass is 623 g/mol. The molecule has 0 radical (unpaired) electrons. The summed E-state index contributed by atoms with van der Waals surface area (Å²) in [6, 6.07) is 3.09. The van der Waals surface area contributed by atoms with Crippen molar-refractivity contribution in [3.05, 3.63) is 62.0 Å². The zero-order chi connectivity index (χ0) is 32.0. The lowest BCUT2D eigenvalue weighted by atomic mass is 9.93. The van der Waals surface area contributed by atoms with Gasteiger partial charge < -0.3 is 32.1 Å². The van der Waals surface area contributed by atoms with E-state index in [1.54, 1.807) is 22.4 Å². The summed E-state index contributed by atoms with van der Waals surface area (Å²) in [5.41, 5.74) is 19.2. The molecule has 1 saturated heterocycles. The zero-order valence-electron chi connectivity index (χ0n) is 25.4. The van der Waals surface area contributed by atoms with Gasteiger partial charge in [-0.1, -0.05) is 20.8 Å². The number of thiazole rings is 1. The molecule has 4 heterocycles. The third-order valence-corrected chi connectivity index (χ3v) is 8.33. The number of aliphatic carboxylic acids is 1. The van der Waals surface area contributed by atoms with Gasteiger partial charge in [-0.2, -0.15) is 0 Å². The molecule has 236 valence electrons. The van der Waals surface area contributed by atoms with Gasteiger partial charge in [-0.05, 0) is 43.0 Å². The summed E-state index contributed by atoms with van der Waals surface area (Å²) < 4.78 is 1.43. The minimum atomic E-state index is -1.17. The molecule has 0 bridgehead atoms. The number of aryl methyl sites for hydroxylation is 2. The summed E-state index contributed by atoms with van der Waals surface area (Å²) in [5.74, 6) is -0.946. The number of fused-ring (bicyclic) bond motifs is 1. The Labute approximate surface area is 260 Å². The van der Waals surface area contributed by atoms with Gasteiger partial charge in [-0.25, -0.2) is 14.8 Å². The van der Waals surface area contributed by atoms with E-state index in [0.717, 1.165) is 35.2 Å². The molecular formula is C30H41N9O4S. The van der Waals surface area contributed by atoms with Gasteiger partial charge in [-0.15, -0.1) is 11.3 Å². The second-order valence-electron chi connectivity index (χ2n) is 11.8. The molecule has 0 aliphatic carbocycles. The van der Waals surface area contributed by atoms with E-state index in [1.165, 1.54) is 10.5 Å². The van der Waals surface area contributed by atoms with Gasteiger partial charge in [0.15, 0.2) is 5.96 Å². The zero-order valence-corrected chi connectivity index (χ0v) is 26.2. The van der Waals surface area contributed by atoms with Crippen molar-refractivity contribution < 1.29 is 14.7 Å². The fourth-order valence-corrected chi connectivity index (χ4v) is 5.94. The largest absolute Gasteiger partial charge is 0.478 e. The number of carbonyl (C=O) groups excluding carboxylic acids is 1. The standard InChI is InChI=1S/C30H41N9O4S/c1-30(2,3)22-18-44-24(35-22)8-6-19-10-12-39-23(17-19)36-26(20(27(39)42)7-9-25(40)41)37-13-15-38(16-14-37)28(43)21(31)5-4-11-34-29(32)33/h7,9-10,12,17-18,21H,4-6,8,11,13-16,31H2,1-3H3,(H,40,41)(H4,32,33,34)/t21-/m0/s1. The first-order valence-electron chi connectivity index (χ1n) is 14.6. The maximum Gasteiger partial charge on any atom is 0.328 e. The third-order valence-electron chi connectivity index (χ3n) is 7.43. The molecule has 13 nitrogen and oxygen atoms in total. The van der Waals surface area contributed by atoms with E-state index in [-0.39, 0.29) is 28.4 Å². The maximum absolute atomic E-state index is 13.6. The highest BCUT2D eigenvalue weighted by molar-refractivity contribution is 7.09. The quantitative estimate of drug-likeness (QED) is 0.105. The molecule has 4 rings (SSSR count). The van der Waals surface area contributed by atoms with Crippen molar-refractivity contribution in [3.8, 4) is 0 Å². The topological polar surface area (TPSA) is 199 Å². The van der Waals surface area contributed by atoms with Gasteiger partial charge in [0.05, 0.1) is 22.3 Å². The second-order valence-corrected chi connectivity index (χ2v) is 12.8. The number of aliphatic imine (C=N–C) groups is 1. The smallest absolute Gasteiger partial charge is 0.328 e. The Hall–Kier alpha value is -4.30. The number of carboxylic acids is 1. The first kappa shape index (κ1) is 32.6. The van der Waals surface area contributed by atoms with Crippen molar-refractivity contribution in [1.82, 2.24) is 19.3 Å². The Morgan fingerprint density at radius 2 is 1.89 bits per heavy atom. The van der Waals surface area contributed by atoms with Crippen LogP contribution < -0.4 is 27.7 Å². The number of guanidine groups is 1. The molecule has 3 aromatic heterocycles. The van der Waals surface area contributed by atoms with E-state index in [1.807, 2.05) is 17.0 Å². The number of nitrogens with zero attached hydrogens (tertiary/aromatic N) is 6. The molecule has 1 amide bonds. The molecule has 1 aliphatic rings. The number of carboxylic acid groups (broad SMARTS) is 1. The number of rotatable bonds is 11. The van der Waals surface area contributed by atoms with E-state index in [9.17, 15) is 19.5 Å². The van der Waals surface area contributed by atoms with Crippen LogP contribution in [0.25, 0.3) is 11.7 Å². The normalized spacial score (nSPS) is 14.7. The van der Waals surface area contributed by atoms with Crippen LogP contribution in [-0.2, 0) is 27.8 Å². The summed E-state index contributed by atoms with van der Waals surface area (Å²) in [5, 5.41) is 12.4. The van der Waals surface area contributed by atoms with Crippen LogP contribution in [0.5, 0.6) is 0 Å². The Balaban J connectivity index is 1.52. The van der Waals surface area contributed by atoms with Crippen LogP contribution in [0.1, 0.15) is 55.4 Å². The average molecular weight is 624 g/mol. The Bertz CT molecular complexity index is 1610. The molecule has 1 fully saturated rings. The Morgan fingerprint density at radius 1 is 1.16 bits per heavy atom. The number of anilines is 1. The SMILES string of the molecule is CC(C)(C)c1csc(CCc2ccn3c(=O)c(C=CC(=O)O)c(N4CCN(C(=O)[C@@H](N)CCCN=C(N)N)CC4)nc3c2)n1. The number of nitrogens with two attached hydrogens (primary N) is 3. The predicted molar refractivity (Wildman–Crippen MR) is 173 cm³/mol. The number of aromatic nitrogens is 3. The summed E-state index contributed by atoms with van der Waals surface area (Å²) in [7, 11) is 0. The Kier molecular flexibility index (Phi) is 10.4. The molecular weight excluding hydrogens is 582 g/mol. The average Bonchev–Trinajstić information content (AvgIpc) is 3.47. The van der Waals surface area contributed by atoms with Crippen LogP contribution >= 0.6 is 11.3 Å². The molecule has 0 aromatic carbocycles. The van der Waals surface area contributed by atoms with Crippen LogP contribution in [0.15, 0.2) is 39.6 Å². The van der Waals surface area contributed by atoms with Crippen molar-refractivity contribution in [2.75, 3.05) is 37.6 Å². The van der Waals surface area contributed by atoms with E-state index in [4.69, 9.17) is 27.2 Å². The summed E-state index contributed by atoms with van der Waals surface area (Å²) in [6.45, 7) is 8.40. The van der Waals surface area contributed by atoms with E-state index >= 15 is 0 Å². The number of piperazine rings is 1. The molecule has 3 aromatic rings. The highest BCUT2D eigenvalue weighted by Gasteiger charge is 2.27. The van der Waals surface area contributed by atoms with Crippen LogP contribution in [0.3, 0.4) is 0 Å². The number of pyridine rings is 1. The first-order chi connectivity index (χ1) is 20.8. The lowest BCUT2D eigenvalue weighted by Crippen LogP contribution is -2.53. The molecule has 7 N–H and O–H groups in total. The maximum atomic E-state index is 13.6. The minimum absolute atomic E-state index is 0.00197. The molecule has 44 heavy (non-hydrogen) atoms. The highest BCUT2D eigenvalue weighted by Crippen LogP contribution is 2.25. The molecule has 0 saturated carbocycles. The second kappa shape index (κ2) is 14.0. The van der Waals surface area contributed by atoms with E-state index in [0.29, 0.717) is 57.0 Å². The van der Waals surface area contributed by atoms with Gasteiger partial charge in [0.1, 0.15) is 11.5 Å². The van der Waals surface area contributed by atoms with E-state index < -0.39 is 12.0 Å². The van der Waals surface area contributed by atoms with E-state index in [2.05, 4.69) is 31.1 Å². The van der Waals surface area contributed by atoms with Crippen molar-refractivity contribution in [1.29, 1.82) is 0 Å². The number of amides is 1. The van der Waals surface area contributed by atoms with Crippen molar-refractivity contribution in [3.63, 3.8) is 0 Å². The van der Waals surface area contributed by atoms with Crippen LogP contribution in [0.4, 0.5) is 5.82 Å². The number of hydrogen-bond donors (Lipinski definition) is 4. The first-order valence-corrected chi connectivity index (χ1v) is 15.5. The molecule has 1 atom stereocenters. The van der Waals surface area contributed by atoms with Crippen molar-refractivity contribution >= 4 is 46.7 Å². The lowest BCUT2D eigenvalue weighted by Gasteiger charge is -2.37. The summed E-state index contributed by atoms with van der Waals surface area (Å²) >= 11 is 1.65. The summed E-state index contributed by atoms with van der Waals surface area (Å²) in [6.07, 6.45) is 6.42. The molecule has 0 unspecified atom stereocenters. The molecule has 14 heteroatoms. The predicted octanol–water partition coefficient (Wildman–Crippen LogP) is 1.36. The van der Waals surface area contributed by atoms with Crippen LogP contribution in [-0.4, -0.2) is 81.0 Å². The lowest BCUT2D eigenvalue weighted by molar-refractivity contribution is -0.133. The summed E-state index contributed by atoms with van der Waals surface area (Å²) in [4.78, 5) is 55.0.